The number of carbonyl (C=O) groups excluding carboxylic acids is 2. The summed E-state index contributed by atoms with van der Waals surface area (Å²) in [7, 11) is 4.29. The summed E-state index contributed by atoms with van der Waals surface area (Å²) in [5.41, 5.74) is 2.65. The van der Waals surface area contributed by atoms with Crippen molar-refractivity contribution in [2.45, 2.75) is 56.5 Å². The number of amides is 1. The molecule has 0 unspecified atom stereocenters. The molecule has 0 atom stereocenters. The first-order valence-corrected chi connectivity index (χ1v) is 13.3. The third kappa shape index (κ3) is 7.21. The standard InChI is InChI=1S/C31H35ClN2O3/c1-34(2)31(22-23-9-8-13-26(32)21-23)19-17-27(18-20-31)33-29(35)16-15-24-10-6-7-14-28(24)37-30(36)25-11-4-3-5-12-25/h3-14,21,27H,15-20,22H2,1-2H3,(H,33,35). The number of hydrogen-bond donors (Lipinski definition) is 1. The minimum Gasteiger partial charge on any atom is -0.423 e. The fourth-order valence-corrected chi connectivity index (χ4v) is 5.41. The molecule has 0 heterocycles. The Kier molecular flexibility index (Phi) is 9.01. The van der Waals surface area contributed by atoms with E-state index < -0.39 is 5.97 Å². The second kappa shape index (κ2) is 12.4. The smallest absolute Gasteiger partial charge is 0.343 e. The van der Waals surface area contributed by atoms with Crippen molar-refractivity contribution in [2.24, 2.45) is 0 Å². The molecule has 1 saturated carbocycles. The SMILES string of the molecule is CN(C)C1(Cc2cccc(Cl)c2)CCC(NC(=O)CCc2ccccc2OC(=O)c2ccccc2)CC1. The normalized spacial score (nSPS) is 19.4. The zero-order chi connectivity index (χ0) is 26.3. The van der Waals surface area contributed by atoms with E-state index in [9.17, 15) is 9.59 Å². The van der Waals surface area contributed by atoms with E-state index in [-0.39, 0.29) is 17.5 Å². The molecule has 0 spiro atoms. The third-order valence-electron chi connectivity index (χ3n) is 7.46. The van der Waals surface area contributed by atoms with Crippen molar-refractivity contribution in [1.29, 1.82) is 0 Å². The number of esters is 1. The number of nitrogens with one attached hydrogen (secondary N) is 1. The van der Waals surface area contributed by atoms with Crippen LogP contribution in [0, 0.1) is 0 Å². The van der Waals surface area contributed by atoms with Gasteiger partial charge in [0.05, 0.1) is 5.56 Å². The molecule has 4 rings (SSSR count). The average molecular weight is 519 g/mol. The van der Waals surface area contributed by atoms with Gasteiger partial charge in [-0.15, -0.1) is 0 Å². The number of para-hydroxylation sites is 1. The topological polar surface area (TPSA) is 58.6 Å². The number of benzene rings is 3. The Hall–Kier alpha value is -3.15. The Morgan fingerprint density at radius 1 is 0.973 bits per heavy atom. The predicted molar refractivity (Wildman–Crippen MR) is 148 cm³/mol. The molecule has 1 aliphatic rings. The molecule has 3 aromatic rings. The Balaban J connectivity index is 1.29. The van der Waals surface area contributed by atoms with Crippen LogP contribution < -0.4 is 10.1 Å². The van der Waals surface area contributed by atoms with E-state index in [1.165, 1.54) is 5.56 Å². The van der Waals surface area contributed by atoms with Crippen molar-refractivity contribution < 1.29 is 14.3 Å². The van der Waals surface area contributed by atoms with Gasteiger partial charge >= 0.3 is 5.97 Å². The predicted octanol–water partition coefficient (Wildman–Crippen LogP) is 6.09. The van der Waals surface area contributed by atoms with E-state index in [0.29, 0.717) is 24.2 Å². The molecule has 0 bridgehead atoms. The van der Waals surface area contributed by atoms with Crippen LogP contribution >= 0.6 is 11.6 Å². The second-order valence-corrected chi connectivity index (χ2v) is 10.6. The fourth-order valence-electron chi connectivity index (χ4n) is 5.20. The minimum atomic E-state index is -0.401. The van der Waals surface area contributed by atoms with E-state index in [1.807, 2.05) is 36.4 Å². The van der Waals surface area contributed by atoms with Crippen LogP contribution in [0.15, 0.2) is 78.9 Å². The maximum atomic E-state index is 12.8. The van der Waals surface area contributed by atoms with Gasteiger partial charge in [0.25, 0.3) is 0 Å². The molecule has 0 radical (unpaired) electrons. The Labute approximate surface area is 224 Å². The molecule has 6 heteroatoms. The van der Waals surface area contributed by atoms with Crippen LogP contribution in [0.5, 0.6) is 5.75 Å². The number of aryl methyl sites for hydroxylation is 1. The molecule has 1 N–H and O–H groups in total. The van der Waals surface area contributed by atoms with E-state index in [0.717, 1.165) is 42.7 Å². The first-order chi connectivity index (χ1) is 17.8. The van der Waals surface area contributed by atoms with Gasteiger partial charge in [-0.2, -0.15) is 0 Å². The molecule has 1 amide bonds. The van der Waals surface area contributed by atoms with E-state index in [2.05, 4.69) is 36.4 Å². The Bertz CT molecular complexity index is 1200. The highest BCUT2D eigenvalue weighted by atomic mass is 35.5. The largest absolute Gasteiger partial charge is 0.423 e. The van der Waals surface area contributed by atoms with Crippen LogP contribution in [0.25, 0.3) is 0 Å². The fraction of sp³-hybridized carbons (Fsp3) is 0.355. The zero-order valence-electron chi connectivity index (χ0n) is 21.6. The summed E-state index contributed by atoms with van der Waals surface area (Å²) in [6, 6.07) is 24.6. The van der Waals surface area contributed by atoms with Crippen LogP contribution in [0.3, 0.4) is 0 Å². The van der Waals surface area contributed by atoms with E-state index >= 15 is 0 Å². The number of likely N-dealkylation sites (N-methyl/N-ethyl adjacent to an activating group) is 1. The van der Waals surface area contributed by atoms with Gasteiger partial charge < -0.3 is 15.0 Å². The lowest BCUT2D eigenvalue weighted by Gasteiger charge is -2.45. The van der Waals surface area contributed by atoms with Gasteiger partial charge in [0.15, 0.2) is 0 Å². The highest BCUT2D eigenvalue weighted by molar-refractivity contribution is 6.30. The quantitative estimate of drug-likeness (QED) is 0.275. The molecule has 3 aromatic carbocycles. The summed E-state index contributed by atoms with van der Waals surface area (Å²) in [6.07, 6.45) is 5.70. The van der Waals surface area contributed by atoms with Gasteiger partial charge in [0, 0.05) is 23.0 Å². The summed E-state index contributed by atoms with van der Waals surface area (Å²) in [5, 5.41) is 4.01. The molecule has 1 aliphatic carbocycles. The molecule has 194 valence electrons. The summed E-state index contributed by atoms with van der Waals surface area (Å²) in [5.74, 6) is 0.127. The lowest BCUT2D eigenvalue weighted by Crippen LogP contribution is -2.52. The lowest BCUT2D eigenvalue weighted by atomic mass is 9.75. The molecule has 1 fully saturated rings. The van der Waals surface area contributed by atoms with Gasteiger partial charge in [0.1, 0.15) is 5.75 Å². The highest BCUT2D eigenvalue weighted by Gasteiger charge is 2.37. The van der Waals surface area contributed by atoms with Gasteiger partial charge in [0.2, 0.25) is 5.91 Å². The van der Waals surface area contributed by atoms with Crippen LogP contribution in [0.2, 0.25) is 5.02 Å². The van der Waals surface area contributed by atoms with Crippen molar-refractivity contribution >= 4 is 23.5 Å². The third-order valence-corrected chi connectivity index (χ3v) is 7.69. The van der Waals surface area contributed by atoms with E-state index in [4.69, 9.17) is 16.3 Å². The number of rotatable bonds is 9. The Morgan fingerprint density at radius 2 is 1.68 bits per heavy atom. The molecule has 0 saturated heterocycles. The Morgan fingerprint density at radius 3 is 2.38 bits per heavy atom. The maximum absolute atomic E-state index is 12.8. The summed E-state index contributed by atoms with van der Waals surface area (Å²) in [6.45, 7) is 0. The van der Waals surface area contributed by atoms with Gasteiger partial charge in [-0.25, -0.2) is 4.79 Å². The molecular formula is C31H35ClN2O3. The zero-order valence-corrected chi connectivity index (χ0v) is 22.3. The van der Waals surface area contributed by atoms with Gasteiger partial charge in [-0.3, -0.25) is 4.79 Å². The molecular weight excluding hydrogens is 484 g/mol. The number of ether oxygens (including phenoxy) is 1. The van der Waals surface area contributed by atoms with E-state index in [1.54, 1.807) is 30.3 Å². The number of halogens is 1. The van der Waals surface area contributed by atoms with Crippen LogP contribution in [-0.4, -0.2) is 42.5 Å². The van der Waals surface area contributed by atoms with Crippen molar-refractivity contribution in [3.05, 3.63) is 101 Å². The first kappa shape index (κ1) is 26.9. The second-order valence-electron chi connectivity index (χ2n) is 10.1. The number of hydrogen-bond acceptors (Lipinski definition) is 4. The molecule has 0 aromatic heterocycles. The highest BCUT2D eigenvalue weighted by Crippen LogP contribution is 2.36. The maximum Gasteiger partial charge on any atom is 0.343 e. The van der Waals surface area contributed by atoms with Crippen LogP contribution in [0.1, 0.15) is 53.6 Å². The van der Waals surface area contributed by atoms with Crippen molar-refractivity contribution in [2.75, 3.05) is 14.1 Å². The summed E-state index contributed by atoms with van der Waals surface area (Å²) >= 11 is 6.22. The number of carbonyl (C=O) groups is 2. The van der Waals surface area contributed by atoms with Gasteiger partial charge in [-0.1, -0.05) is 60.1 Å². The monoisotopic (exact) mass is 518 g/mol. The van der Waals surface area contributed by atoms with Gasteiger partial charge in [-0.05, 0) is 94.1 Å². The van der Waals surface area contributed by atoms with Crippen molar-refractivity contribution in [1.82, 2.24) is 10.2 Å². The average Bonchev–Trinajstić information content (AvgIpc) is 2.90. The van der Waals surface area contributed by atoms with Crippen molar-refractivity contribution in [3.63, 3.8) is 0 Å². The minimum absolute atomic E-state index is 0.0291. The molecule has 37 heavy (non-hydrogen) atoms. The van der Waals surface area contributed by atoms with Crippen molar-refractivity contribution in [3.8, 4) is 5.75 Å². The molecule has 5 nitrogen and oxygen atoms in total. The summed E-state index contributed by atoms with van der Waals surface area (Å²) < 4.78 is 5.63. The lowest BCUT2D eigenvalue weighted by molar-refractivity contribution is -0.122. The summed E-state index contributed by atoms with van der Waals surface area (Å²) in [4.78, 5) is 27.6. The first-order valence-electron chi connectivity index (χ1n) is 12.9. The molecule has 0 aliphatic heterocycles. The van der Waals surface area contributed by atoms with Crippen LogP contribution in [0.4, 0.5) is 0 Å². The van der Waals surface area contributed by atoms with Crippen LogP contribution in [-0.2, 0) is 17.6 Å². The number of nitrogens with zero attached hydrogens (tertiary/aromatic N) is 1.